The zero-order valence-corrected chi connectivity index (χ0v) is 14.5. The number of carbonyl (C=O) groups excluding carboxylic acids is 1. The second kappa shape index (κ2) is 6.97. The summed E-state index contributed by atoms with van der Waals surface area (Å²) in [4.78, 5) is 12.2. The highest BCUT2D eigenvalue weighted by Gasteiger charge is 2.42. The number of carbonyl (C=O) groups is 1. The normalized spacial score (nSPS) is 11.4. The van der Waals surface area contributed by atoms with Gasteiger partial charge in [0.25, 0.3) is 5.91 Å². The van der Waals surface area contributed by atoms with Crippen LogP contribution in [0.15, 0.2) is 28.7 Å². The lowest BCUT2D eigenvalue weighted by Gasteiger charge is -2.14. The fourth-order valence-electron chi connectivity index (χ4n) is 2.22. The van der Waals surface area contributed by atoms with E-state index < -0.39 is 28.9 Å². The van der Waals surface area contributed by atoms with Gasteiger partial charge in [0.15, 0.2) is 0 Å². The van der Waals surface area contributed by atoms with Crippen LogP contribution >= 0.6 is 27.5 Å². The van der Waals surface area contributed by atoms with Crippen LogP contribution in [0.4, 0.5) is 13.2 Å². The number of alkyl halides is 3. The topological polar surface area (TPSA) is 55.0 Å². The van der Waals surface area contributed by atoms with Crippen LogP contribution in [0.1, 0.15) is 16.1 Å². The number of nitrogens with zero attached hydrogens (tertiary/aromatic N) is 2. The second-order valence-electron chi connectivity index (χ2n) is 4.66. The first-order chi connectivity index (χ1) is 11.2. The quantitative estimate of drug-likeness (QED) is 0.719. The summed E-state index contributed by atoms with van der Waals surface area (Å²) in [7, 11) is 1.19. The first kappa shape index (κ1) is 18.5. The monoisotopic (exact) mass is 420 g/mol. The van der Waals surface area contributed by atoms with Gasteiger partial charge in [-0.3, -0.25) is 9.36 Å². The highest BCUT2D eigenvalue weighted by atomic mass is 79.9. The second-order valence-corrected chi connectivity index (χ2v) is 5.89. The smallest absolute Gasteiger partial charge is 0.375 e. The number of rotatable bonds is 3. The molecule has 0 aliphatic carbocycles. The number of halogens is 5. The molecule has 0 bridgehead atoms. The maximum atomic E-state index is 13.4. The van der Waals surface area contributed by atoms with Crippen LogP contribution in [0.2, 0.25) is 5.02 Å². The van der Waals surface area contributed by atoms with Crippen LogP contribution < -0.4 is 0 Å². The molecule has 24 heavy (non-hydrogen) atoms. The molecule has 0 atom stereocenters. The van der Waals surface area contributed by atoms with Crippen LogP contribution in [0, 0.1) is 11.3 Å². The summed E-state index contributed by atoms with van der Waals surface area (Å²) in [6, 6.07) is 7.49. The average molecular weight is 422 g/mol. The molecule has 0 saturated carbocycles. The van der Waals surface area contributed by atoms with Gasteiger partial charge < -0.3 is 4.74 Å². The number of hydrogen-bond donors (Lipinski definition) is 0. The third-order valence-corrected chi connectivity index (χ3v) is 4.15. The summed E-state index contributed by atoms with van der Waals surface area (Å²) < 4.78 is 45.0. The van der Waals surface area contributed by atoms with Crippen molar-refractivity contribution in [3.63, 3.8) is 0 Å². The highest BCUT2D eigenvalue weighted by Crippen LogP contribution is 2.43. The Kier molecular flexibility index (Phi) is 5.38. The zero-order valence-electron chi connectivity index (χ0n) is 12.1. The molecule has 0 spiro atoms. The van der Waals surface area contributed by atoms with Gasteiger partial charge in [0.2, 0.25) is 0 Å². The third-order valence-electron chi connectivity index (χ3n) is 3.13. The lowest BCUT2D eigenvalue weighted by atomic mass is 10.1. The van der Waals surface area contributed by atoms with E-state index in [1.54, 1.807) is 6.07 Å². The Bertz CT molecular complexity index is 823. The Balaban J connectivity index is 2.88. The molecule has 0 aliphatic rings. The van der Waals surface area contributed by atoms with Gasteiger partial charge in [0.05, 0.1) is 15.7 Å². The van der Waals surface area contributed by atoms with Crippen LogP contribution in [-0.4, -0.2) is 24.2 Å². The van der Waals surface area contributed by atoms with E-state index in [4.69, 9.17) is 11.6 Å². The van der Waals surface area contributed by atoms with Crippen LogP contribution in [0.25, 0.3) is 11.3 Å². The molecule has 0 N–H and O–H groups in total. The Morgan fingerprint density at radius 1 is 1.38 bits per heavy atom. The molecule has 9 heteroatoms. The van der Waals surface area contributed by atoms with Crippen molar-refractivity contribution in [1.82, 2.24) is 4.57 Å². The first-order valence-corrected chi connectivity index (χ1v) is 7.59. The minimum absolute atomic E-state index is 0.171. The van der Waals surface area contributed by atoms with Gasteiger partial charge in [0, 0.05) is 17.7 Å². The predicted octanol–water partition coefficient (Wildman–Crippen LogP) is 4.75. The molecule has 126 valence electrons. The maximum absolute atomic E-state index is 13.4. The summed E-state index contributed by atoms with van der Waals surface area (Å²) in [6.07, 6.45) is -4.85. The molecule has 2 aromatic rings. The first-order valence-electron chi connectivity index (χ1n) is 6.42. The van der Waals surface area contributed by atoms with E-state index in [-0.39, 0.29) is 16.8 Å². The van der Waals surface area contributed by atoms with Crippen LogP contribution in [-0.2, 0) is 10.9 Å². The van der Waals surface area contributed by atoms with Crippen molar-refractivity contribution < 1.29 is 22.7 Å². The predicted molar refractivity (Wildman–Crippen MR) is 84.8 cm³/mol. The molecule has 0 unspecified atom stereocenters. The zero-order chi connectivity index (χ0) is 18.1. The minimum atomic E-state index is -4.85. The molecule has 1 aromatic heterocycles. The number of aromatic nitrogens is 1. The van der Waals surface area contributed by atoms with Crippen molar-refractivity contribution >= 4 is 33.4 Å². The van der Waals surface area contributed by atoms with Gasteiger partial charge in [-0.1, -0.05) is 23.7 Å². The van der Waals surface area contributed by atoms with Crippen molar-refractivity contribution in [2.24, 2.45) is 0 Å². The molecular formula is C15H9BrClF3N2O2. The molecule has 0 radical (unpaired) electrons. The van der Waals surface area contributed by atoms with Gasteiger partial charge in [-0.25, -0.2) is 0 Å². The summed E-state index contributed by atoms with van der Waals surface area (Å²) >= 11 is 8.58. The molecule has 0 aliphatic heterocycles. The summed E-state index contributed by atoms with van der Waals surface area (Å²) in [5.74, 6) is -0.947. The Morgan fingerprint density at radius 2 is 1.96 bits per heavy atom. The molecule has 0 fully saturated rings. The Labute approximate surface area is 148 Å². The van der Waals surface area contributed by atoms with E-state index in [1.165, 1.54) is 31.4 Å². The van der Waals surface area contributed by atoms with Gasteiger partial charge in [-0.15, -0.1) is 0 Å². The average Bonchev–Trinajstić information content (AvgIpc) is 2.81. The fraction of sp³-hybridized carbons (Fsp3) is 0.200. The Morgan fingerprint density at radius 3 is 2.42 bits per heavy atom. The lowest BCUT2D eigenvalue weighted by molar-refractivity contribution is -0.143. The maximum Gasteiger partial charge on any atom is 0.433 e. The van der Waals surface area contributed by atoms with Crippen molar-refractivity contribution in [2.75, 3.05) is 13.7 Å². The van der Waals surface area contributed by atoms with Crippen molar-refractivity contribution in [2.45, 2.75) is 6.18 Å². The van der Waals surface area contributed by atoms with Crippen molar-refractivity contribution in [3.8, 4) is 17.3 Å². The minimum Gasteiger partial charge on any atom is -0.375 e. The number of hydrogen-bond acceptors (Lipinski definition) is 3. The summed E-state index contributed by atoms with van der Waals surface area (Å²) in [5, 5.41) is 9.67. The third kappa shape index (κ3) is 3.34. The van der Waals surface area contributed by atoms with Crippen LogP contribution in [0.5, 0.6) is 0 Å². The molecular weight excluding hydrogens is 413 g/mol. The SMILES string of the molecule is COCC(=O)n1c(-c2ccc(Cl)cc2)c(C#N)c(Br)c1C(F)(F)F. The largest absolute Gasteiger partial charge is 0.433 e. The summed E-state index contributed by atoms with van der Waals surface area (Å²) in [5.41, 5.74) is -1.48. The number of benzene rings is 1. The highest BCUT2D eigenvalue weighted by molar-refractivity contribution is 9.10. The van der Waals surface area contributed by atoms with E-state index in [9.17, 15) is 23.2 Å². The van der Waals surface area contributed by atoms with E-state index in [0.717, 1.165) is 0 Å². The van der Waals surface area contributed by atoms with E-state index in [2.05, 4.69) is 20.7 Å². The van der Waals surface area contributed by atoms with Gasteiger partial charge in [-0.05, 0) is 28.1 Å². The summed E-state index contributed by atoms with van der Waals surface area (Å²) in [6.45, 7) is -0.574. The molecule has 0 saturated heterocycles. The molecule has 4 nitrogen and oxygen atoms in total. The van der Waals surface area contributed by atoms with Gasteiger partial charge in [0.1, 0.15) is 18.4 Å². The lowest BCUT2D eigenvalue weighted by Crippen LogP contribution is -2.24. The van der Waals surface area contributed by atoms with Crippen LogP contribution in [0.3, 0.4) is 0 Å². The van der Waals surface area contributed by atoms with Crippen molar-refractivity contribution in [3.05, 3.63) is 45.0 Å². The number of ether oxygens (including phenoxy) is 1. The van der Waals surface area contributed by atoms with Gasteiger partial charge in [-0.2, -0.15) is 18.4 Å². The molecule has 2 rings (SSSR count). The van der Waals surface area contributed by atoms with E-state index in [1.807, 2.05) is 0 Å². The number of methoxy groups -OCH3 is 1. The fourth-order valence-corrected chi connectivity index (χ4v) is 3.02. The molecule has 1 aromatic carbocycles. The molecule has 0 amide bonds. The molecule has 1 heterocycles. The number of nitriles is 1. The Hall–Kier alpha value is -1.82. The van der Waals surface area contributed by atoms with E-state index >= 15 is 0 Å². The van der Waals surface area contributed by atoms with Gasteiger partial charge >= 0.3 is 6.18 Å². The van der Waals surface area contributed by atoms with E-state index in [0.29, 0.717) is 9.59 Å². The standard InChI is InChI=1S/C15H9BrClF3N2O2/c1-24-7-11(23)22-13(8-2-4-9(17)5-3-8)10(6-21)12(16)14(22)15(18,19)20/h2-5H,7H2,1H3. The van der Waals surface area contributed by atoms with Crippen molar-refractivity contribution in [1.29, 1.82) is 5.26 Å².